The first-order valence-corrected chi connectivity index (χ1v) is 6.03. The van der Waals surface area contributed by atoms with Gasteiger partial charge in [-0.25, -0.2) is 0 Å². The van der Waals surface area contributed by atoms with Crippen LogP contribution in [0.3, 0.4) is 0 Å². The van der Waals surface area contributed by atoms with Gasteiger partial charge in [0.15, 0.2) is 0 Å². The molecule has 17 heavy (non-hydrogen) atoms. The number of nitrogens with one attached hydrogen (secondary N) is 1. The van der Waals surface area contributed by atoms with E-state index in [2.05, 4.69) is 44.6 Å². The summed E-state index contributed by atoms with van der Waals surface area (Å²) in [4.78, 5) is 2.16. The van der Waals surface area contributed by atoms with E-state index in [4.69, 9.17) is 4.42 Å². The number of hydrogen-bond acceptors (Lipinski definition) is 3. The topological polar surface area (TPSA) is 28.4 Å². The van der Waals surface area contributed by atoms with Crippen molar-refractivity contribution in [3.8, 4) is 0 Å². The Kier molecular flexibility index (Phi) is 4.97. The van der Waals surface area contributed by atoms with Crippen LogP contribution in [0.15, 0.2) is 29.2 Å². The third-order valence-electron chi connectivity index (χ3n) is 2.38. The SMILES string of the molecule is C=CCN(C)Cc1ccc(CNC(C)(C)C)o1. The van der Waals surface area contributed by atoms with Gasteiger partial charge in [0.25, 0.3) is 0 Å². The zero-order chi connectivity index (χ0) is 12.9. The van der Waals surface area contributed by atoms with Gasteiger partial charge in [-0.1, -0.05) is 6.08 Å². The number of nitrogens with zero attached hydrogens (tertiary/aromatic N) is 1. The average molecular weight is 236 g/mol. The third-order valence-corrected chi connectivity index (χ3v) is 2.38. The first-order chi connectivity index (χ1) is 7.90. The molecule has 96 valence electrons. The predicted octanol–water partition coefficient (Wildman–Crippen LogP) is 2.79. The lowest BCUT2D eigenvalue weighted by molar-refractivity contribution is 0.309. The van der Waals surface area contributed by atoms with Gasteiger partial charge in [0.2, 0.25) is 0 Å². The van der Waals surface area contributed by atoms with E-state index >= 15 is 0 Å². The zero-order valence-corrected chi connectivity index (χ0v) is 11.4. The van der Waals surface area contributed by atoms with Gasteiger partial charge >= 0.3 is 0 Å². The Labute approximate surface area is 104 Å². The maximum Gasteiger partial charge on any atom is 0.118 e. The standard InChI is InChI=1S/C14H24N2O/c1-6-9-16(5)11-13-8-7-12(17-13)10-15-14(2,3)4/h6-8,15H,1,9-11H2,2-5H3. The molecular weight excluding hydrogens is 212 g/mol. The summed E-state index contributed by atoms with van der Waals surface area (Å²) in [7, 11) is 2.05. The molecule has 0 aliphatic carbocycles. The molecule has 3 nitrogen and oxygen atoms in total. The van der Waals surface area contributed by atoms with Crippen LogP contribution in [0, 0.1) is 0 Å². The Morgan fingerprint density at radius 2 is 2.00 bits per heavy atom. The summed E-state index contributed by atoms with van der Waals surface area (Å²) >= 11 is 0. The molecule has 0 spiro atoms. The van der Waals surface area contributed by atoms with Gasteiger partial charge in [0.1, 0.15) is 11.5 Å². The van der Waals surface area contributed by atoms with Crippen LogP contribution in [-0.4, -0.2) is 24.0 Å². The van der Waals surface area contributed by atoms with E-state index in [0.29, 0.717) is 0 Å². The molecule has 0 radical (unpaired) electrons. The molecule has 0 fully saturated rings. The lowest BCUT2D eigenvalue weighted by Crippen LogP contribution is -2.34. The number of furan rings is 1. The van der Waals surface area contributed by atoms with Crippen molar-refractivity contribution in [1.82, 2.24) is 10.2 Å². The largest absolute Gasteiger partial charge is 0.463 e. The predicted molar refractivity (Wildman–Crippen MR) is 71.8 cm³/mol. The van der Waals surface area contributed by atoms with Crippen LogP contribution in [0.2, 0.25) is 0 Å². The molecule has 3 heteroatoms. The summed E-state index contributed by atoms with van der Waals surface area (Å²) in [6.07, 6.45) is 1.89. The van der Waals surface area contributed by atoms with Crippen molar-refractivity contribution < 1.29 is 4.42 Å². The fraction of sp³-hybridized carbons (Fsp3) is 0.571. The molecule has 0 bridgehead atoms. The van der Waals surface area contributed by atoms with Gasteiger partial charge in [0.05, 0.1) is 13.1 Å². The molecule has 1 N–H and O–H groups in total. The van der Waals surface area contributed by atoms with Crippen LogP contribution in [-0.2, 0) is 13.1 Å². The highest BCUT2D eigenvalue weighted by Crippen LogP contribution is 2.11. The Morgan fingerprint density at radius 1 is 1.35 bits per heavy atom. The van der Waals surface area contributed by atoms with Gasteiger partial charge in [-0.3, -0.25) is 4.90 Å². The zero-order valence-electron chi connectivity index (χ0n) is 11.4. The molecule has 0 saturated heterocycles. The summed E-state index contributed by atoms with van der Waals surface area (Å²) in [5.74, 6) is 1.99. The van der Waals surface area contributed by atoms with Gasteiger partial charge < -0.3 is 9.73 Å². The van der Waals surface area contributed by atoms with Crippen LogP contribution in [0.25, 0.3) is 0 Å². The van der Waals surface area contributed by atoms with Crippen molar-refractivity contribution in [2.45, 2.75) is 39.4 Å². The first kappa shape index (κ1) is 14.0. The molecule has 1 aromatic heterocycles. The molecule has 0 saturated carbocycles. The Bertz CT molecular complexity index is 349. The van der Waals surface area contributed by atoms with Crippen molar-refractivity contribution in [3.05, 3.63) is 36.3 Å². The monoisotopic (exact) mass is 236 g/mol. The van der Waals surface area contributed by atoms with Crippen molar-refractivity contribution in [3.63, 3.8) is 0 Å². The Balaban J connectivity index is 2.45. The molecule has 0 atom stereocenters. The van der Waals surface area contributed by atoms with Crippen LogP contribution in [0.1, 0.15) is 32.3 Å². The van der Waals surface area contributed by atoms with Crippen molar-refractivity contribution >= 4 is 0 Å². The second-order valence-corrected chi connectivity index (χ2v) is 5.46. The smallest absolute Gasteiger partial charge is 0.118 e. The lowest BCUT2D eigenvalue weighted by Gasteiger charge is -2.19. The number of likely N-dealkylation sites (N-methyl/N-ethyl adjacent to an activating group) is 1. The van der Waals surface area contributed by atoms with Crippen LogP contribution >= 0.6 is 0 Å². The molecule has 0 amide bonds. The molecule has 1 heterocycles. The van der Waals surface area contributed by atoms with Gasteiger partial charge in [-0.05, 0) is 40.0 Å². The highest BCUT2D eigenvalue weighted by molar-refractivity contribution is 5.07. The van der Waals surface area contributed by atoms with E-state index < -0.39 is 0 Å². The quantitative estimate of drug-likeness (QED) is 0.770. The van der Waals surface area contributed by atoms with E-state index in [1.54, 1.807) is 0 Å². The maximum absolute atomic E-state index is 5.76. The lowest BCUT2D eigenvalue weighted by atomic mass is 10.1. The summed E-state index contributed by atoms with van der Waals surface area (Å²) < 4.78 is 5.76. The fourth-order valence-electron chi connectivity index (χ4n) is 1.51. The molecule has 1 rings (SSSR count). The highest BCUT2D eigenvalue weighted by Gasteiger charge is 2.10. The normalized spacial score (nSPS) is 12.1. The van der Waals surface area contributed by atoms with E-state index in [1.165, 1.54) is 0 Å². The molecule has 0 aliphatic heterocycles. The minimum absolute atomic E-state index is 0.118. The second-order valence-electron chi connectivity index (χ2n) is 5.46. The average Bonchev–Trinajstić information content (AvgIpc) is 2.62. The van der Waals surface area contributed by atoms with E-state index in [0.717, 1.165) is 31.2 Å². The Hall–Kier alpha value is -1.06. The summed E-state index contributed by atoms with van der Waals surface area (Å²) in [6.45, 7) is 12.6. The van der Waals surface area contributed by atoms with Crippen LogP contribution < -0.4 is 5.32 Å². The third kappa shape index (κ3) is 5.71. The minimum Gasteiger partial charge on any atom is -0.463 e. The van der Waals surface area contributed by atoms with Gasteiger partial charge in [-0.15, -0.1) is 6.58 Å². The van der Waals surface area contributed by atoms with Crippen molar-refractivity contribution in [1.29, 1.82) is 0 Å². The summed E-state index contributed by atoms with van der Waals surface area (Å²) in [5.41, 5.74) is 0.118. The fourth-order valence-corrected chi connectivity index (χ4v) is 1.51. The molecule has 0 aliphatic rings. The van der Waals surface area contributed by atoms with Gasteiger partial charge in [-0.2, -0.15) is 0 Å². The molecule has 0 unspecified atom stereocenters. The minimum atomic E-state index is 0.118. The molecule has 1 aromatic rings. The van der Waals surface area contributed by atoms with Crippen LogP contribution in [0.4, 0.5) is 0 Å². The maximum atomic E-state index is 5.76. The first-order valence-electron chi connectivity index (χ1n) is 6.03. The van der Waals surface area contributed by atoms with Crippen molar-refractivity contribution in [2.75, 3.05) is 13.6 Å². The van der Waals surface area contributed by atoms with Crippen molar-refractivity contribution in [2.24, 2.45) is 0 Å². The highest BCUT2D eigenvalue weighted by atomic mass is 16.3. The number of rotatable bonds is 6. The Morgan fingerprint density at radius 3 is 2.59 bits per heavy atom. The summed E-state index contributed by atoms with van der Waals surface area (Å²) in [6, 6.07) is 4.08. The second kappa shape index (κ2) is 6.03. The summed E-state index contributed by atoms with van der Waals surface area (Å²) in [5, 5.41) is 3.41. The van der Waals surface area contributed by atoms with Gasteiger partial charge in [0, 0.05) is 12.1 Å². The number of hydrogen-bond donors (Lipinski definition) is 1. The van der Waals surface area contributed by atoms with E-state index in [9.17, 15) is 0 Å². The molecule has 0 aromatic carbocycles. The van der Waals surface area contributed by atoms with E-state index in [1.807, 2.05) is 18.2 Å². The van der Waals surface area contributed by atoms with Crippen LogP contribution in [0.5, 0.6) is 0 Å². The molecular formula is C14H24N2O. The van der Waals surface area contributed by atoms with E-state index in [-0.39, 0.29) is 5.54 Å².